The summed E-state index contributed by atoms with van der Waals surface area (Å²) in [6, 6.07) is 7.45. The van der Waals surface area contributed by atoms with E-state index in [0.717, 1.165) is 9.13 Å². The van der Waals surface area contributed by atoms with E-state index in [0.29, 0.717) is 19.6 Å². The Hall–Kier alpha value is -1.15. The van der Waals surface area contributed by atoms with Crippen molar-refractivity contribution in [1.29, 1.82) is 0 Å². The van der Waals surface area contributed by atoms with Gasteiger partial charge < -0.3 is 10.4 Å². The fraction of sp³-hybridized carbons (Fsp3) is 0.385. The van der Waals surface area contributed by atoms with Crippen LogP contribution in [0.25, 0.3) is 0 Å². The van der Waals surface area contributed by atoms with Crippen molar-refractivity contribution in [2.24, 2.45) is 0 Å². The van der Waals surface area contributed by atoms with E-state index in [1.807, 2.05) is 29.2 Å². The second kappa shape index (κ2) is 6.33. The molecule has 6 heteroatoms. The number of halogens is 1. The van der Waals surface area contributed by atoms with Crippen LogP contribution in [-0.2, 0) is 16.1 Å². The number of carbonyl (C=O) groups is 2. The maximum Gasteiger partial charge on any atom is 0.305 e. The van der Waals surface area contributed by atoms with Crippen LogP contribution in [0, 0.1) is 3.57 Å². The number of nitrogens with one attached hydrogen (secondary N) is 1. The van der Waals surface area contributed by atoms with Gasteiger partial charge in [0.2, 0.25) is 5.91 Å². The number of carboxylic acids is 1. The molecule has 0 spiro atoms. The maximum atomic E-state index is 11.8. The molecular formula is C13H15IN2O3. The van der Waals surface area contributed by atoms with Crippen molar-refractivity contribution < 1.29 is 14.7 Å². The molecule has 1 amide bonds. The van der Waals surface area contributed by atoms with Gasteiger partial charge in [0.05, 0.1) is 6.42 Å². The Bertz CT molecular complexity index is 475. The smallest absolute Gasteiger partial charge is 0.305 e. The Morgan fingerprint density at radius 2 is 2.11 bits per heavy atom. The largest absolute Gasteiger partial charge is 0.481 e. The molecule has 0 saturated carbocycles. The molecule has 19 heavy (non-hydrogen) atoms. The van der Waals surface area contributed by atoms with Gasteiger partial charge in [0.15, 0.2) is 0 Å². The molecule has 102 valence electrons. The van der Waals surface area contributed by atoms with E-state index in [1.165, 1.54) is 0 Å². The predicted octanol–water partition coefficient (Wildman–Crippen LogP) is 1.07. The predicted molar refractivity (Wildman–Crippen MR) is 78.6 cm³/mol. The van der Waals surface area contributed by atoms with Gasteiger partial charge >= 0.3 is 5.97 Å². The normalized spacial score (nSPS) is 20.1. The molecule has 1 aromatic rings. The summed E-state index contributed by atoms with van der Waals surface area (Å²) in [4.78, 5) is 24.5. The van der Waals surface area contributed by atoms with Gasteiger partial charge in [0.1, 0.15) is 6.04 Å². The summed E-state index contributed by atoms with van der Waals surface area (Å²) in [7, 11) is 0. The van der Waals surface area contributed by atoms with Crippen LogP contribution in [0.15, 0.2) is 24.3 Å². The summed E-state index contributed by atoms with van der Waals surface area (Å²) in [5, 5.41) is 11.6. The van der Waals surface area contributed by atoms with Crippen LogP contribution >= 0.6 is 22.6 Å². The number of rotatable bonds is 4. The zero-order chi connectivity index (χ0) is 13.8. The van der Waals surface area contributed by atoms with Crippen LogP contribution in [0.5, 0.6) is 0 Å². The molecule has 1 saturated heterocycles. The number of benzene rings is 1. The number of nitrogens with zero attached hydrogens (tertiary/aromatic N) is 1. The Morgan fingerprint density at radius 3 is 2.74 bits per heavy atom. The number of carbonyl (C=O) groups excluding carboxylic acids is 1. The third kappa shape index (κ3) is 3.90. The van der Waals surface area contributed by atoms with Gasteiger partial charge in [0, 0.05) is 23.2 Å². The first kappa shape index (κ1) is 14.3. The highest BCUT2D eigenvalue weighted by atomic mass is 127. The van der Waals surface area contributed by atoms with Gasteiger partial charge in [-0.05, 0) is 40.3 Å². The molecule has 0 bridgehead atoms. The van der Waals surface area contributed by atoms with Crippen LogP contribution in [0.3, 0.4) is 0 Å². The van der Waals surface area contributed by atoms with Crippen molar-refractivity contribution in [3.63, 3.8) is 0 Å². The van der Waals surface area contributed by atoms with E-state index in [9.17, 15) is 9.59 Å². The number of piperazine rings is 1. The van der Waals surface area contributed by atoms with Crippen LogP contribution in [-0.4, -0.2) is 41.0 Å². The molecule has 1 unspecified atom stereocenters. The second-order valence-electron chi connectivity index (χ2n) is 4.50. The zero-order valence-electron chi connectivity index (χ0n) is 10.3. The Morgan fingerprint density at radius 1 is 1.42 bits per heavy atom. The topological polar surface area (TPSA) is 69.6 Å². The molecule has 1 heterocycles. The summed E-state index contributed by atoms with van der Waals surface area (Å²) in [5.41, 5.74) is 1.09. The lowest BCUT2D eigenvalue weighted by Crippen LogP contribution is -2.55. The third-order valence-electron chi connectivity index (χ3n) is 3.11. The maximum absolute atomic E-state index is 11.8. The van der Waals surface area contributed by atoms with Crippen molar-refractivity contribution in [2.45, 2.75) is 19.0 Å². The van der Waals surface area contributed by atoms with Crippen molar-refractivity contribution >= 4 is 34.5 Å². The molecule has 1 aliphatic heterocycles. The van der Waals surface area contributed by atoms with Crippen molar-refractivity contribution in [1.82, 2.24) is 10.2 Å². The average Bonchev–Trinajstić information content (AvgIpc) is 2.36. The van der Waals surface area contributed by atoms with Crippen LogP contribution in [0.1, 0.15) is 12.0 Å². The summed E-state index contributed by atoms with van der Waals surface area (Å²) in [6.45, 7) is 1.84. The zero-order valence-corrected chi connectivity index (χ0v) is 12.5. The van der Waals surface area contributed by atoms with Crippen LogP contribution in [0.2, 0.25) is 0 Å². The van der Waals surface area contributed by atoms with E-state index in [1.54, 1.807) is 0 Å². The minimum atomic E-state index is -0.949. The van der Waals surface area contributed by atoms with Crippen LogP contribution in [0.4, 0.5) is 0 Å². The average molecular weight is 374 g/mol. The molecule has 2 N–H and O–H groups in total. The van der Waals surface area contributed by atoms with Crippen molar-refractivity contribution in [2.75, 3.05) is 13.1 Å². The molecule has 5 nitrogen and oxygen atoms in total. The summed E-state index contributed by atoms with van der Waals surface area (Å²) < 4.78 is 1.15. The summed E-state index contributed by atoms with van der Waals surface area (Å²) >= 11 is 2.24. The minimum Gasteiger partial charge on any atom is -0.481 e. The van der Waals surface area contributed by atoms with E-state index in [2.05, 4.69) is 27.9 Å². The molecule has 1 aromatic carbocycles. The molecule has 0 radical (unpaired) electrons. The van der Waals surface area contributed by atoms with Gasteiger partial charge in [-0.2, -0.15) is 0 Å². The first-order valence-electron chi connectivity index (χ1n) is 6.04. The number of amides is 1. The van der Waals surface area contributed by atoms with Gasteiger partial charge in [-0.1, -0.05) is 12.1 Å². The molecule has 1 fully saturated rings. The first-order chi connectivity index (χ1) is 9.06. The standard InChI is InChI=1S/C13H15IN2O3/c14-10-3-1-9(2-4-10)8-16-6-5-15-13(19)11(16)7-12(17)18/h1-4,11H,5-8H2,(H,15,19)(H,17,18). The lowest BCUT2D eigenvalue weighted by molar-refractivity contribution is -0.143. The van der Waals surface area contributed by atoms with E-state index in [-0.39, 0.29) is 12.3 Å². The Labute approximate surface area is 125 Å². The SMILES string of the molecule is O=C(O)CC1C(=O)NCCN1Cc1ccc(I)cc1. The highest BCUT2D eigenvalue weighted by molar-refractivity contribution is 14.1. The van der Waals surface area contributed by atoms with E-state index >= 15 is 0 Å². The summed E-state index contributed by atoms with van der Waals surface area (Å²) in [5.74, 6) is -1.14. The lowest BCUT2D eigenvalue weighted by atomic mass is 10.1. The van der Waals surface area contributed by atoms with Crippen LogP contribution < -0.4 is 5.32 Å². The van der Waals surface area contributed by atoms with Gasteiger partial charge in [-0.3, -0.25) is 14.5 Å². The van der Waals surface area contributed by atoms with Crippen molar-refractivity contribution in [3.8, 4) is 0 Å². The Kier molecular flexibility index (Phi) is 4.76. The molecule has 1 atom stereocenters. The fourth-order valence-corrected chi connectivity index (χ4v) is 2.52. The molecular weight excluding hydrogens is 359 g/mol. The lowest BCUT2D eigenvalue weighted by Gasteiger charge is -2.34. The quantitative estimate of drug-likeness (QED) is 0.774. The number of hydrogen-bond acceptors (Lipinski definition) is 3. The third-order valence-corrected chi connectivity index (χ3v) is 3.83. The fourth-order valence-electron chi connectivity index (χ4n) is 2.16. The Balaban J connectivity index is 2.09. The molecule has 2 rings (SSSR count). The van der Waals surface area contributed by atoms with E-state index < -0.39 is 12.0 Å². The molecule has 0 aliphatic carbocycles. The summed E-state index contributed by atoms with van der Waals surface area (Å²) in [6.07, 6.45) is -0.157. The van der Waals surface area contributed by atoms with Gasteiger partial charge in [0.25, 0.3) is 0 Å². The highest BCUT2D eigenvalue weighted by Crippen LogP contribution is 2.15. The monoisotopic (exact) mass is 374 g/mol. The van der Waals surface area contributed by atoms with Gasteiger partial charge in [-0.25, -0.2) is 0 Å². The second-order valence-corrected chi connectivity index (χ2v) is 5.75. The highest BCUT2D eigenvalue weighted by Gasteiger charge is 2.31. The minimum absolute atomic E-state index is 0.157. The van der Waals surface area contributed by atoms with Gasteiger partial charge in [-0.15, -0.1) is 0 Å². The molecule has 0 aromatic heterocycles. The molecule has 1 aliphatic rings. The first-order valence-corrected chi connectivity index (χ1v) is 7.12. The number of hydrogen-bond donors (Lipinski definition) is 2. The number of carboxylic acid groups (broad SMARTS) is 1. The van der Waals surface area contributed by atoms with Crippen molar-refractivity contribution in [3.05, 3.63) is 33.4 Å². The number of aliphatic carboxylic acids is 1. The van der Waals surface area contributed by atoms with E-state index in [4.69, 9.17) is 5.11 Å².